The molecule has 1 aromatic carbocycles. The molecule has 2 nitrogen and oxygen atoms in total. The quantitative estimate of drug-likeness (QED) is 0.843. The predicted molar refractivity (Wildman–Crippen MR) is 64.5 cm³/mol. The molecule has 1 N–H and O–H groups in total. The molecule has 0 spiro atoms. The van der Waals surface area contributed by atoms with Crippen LogP contribution in [0, 0.1) is 5.41 Å². The van der Waals surface area contributed by atoms with Crippen molar-refractivity contribution in [2.24, 2.45) is 5.41 Å². The van der Waals surface area contributed by atoms with Gasteiger partial charge >= 0.3 is 0 Å². The van der Waals surface area contributed by atoms with Gasteiger partial charge in [-0.3, -0.25) is 0 Å². The van der Waals surface area contributed by atoms with Crippen LogP contribution in [0.1, 0.15) is 45.3 Å². The SMILES string of the molecule is CC(C)Oc1ccccc1C(O)C1(C)CC1. The van der Waals surface area contributed by atoms with Crippen molar-refractivity contribution in [3.63, 3.8) is 0 Å². The molecule has 1 aliphatic carbocycles. The average Bonchev–Trinajstić information content (AvgIpc) is 2.97. The van der Waals surface area contributed by atoms with Crippen molar-refractivity contribution in [3.8, 4) is 5.75 Å². The minimum Gasteiger partial charge on any atom is -0.491 e. The molecule has 1 unspecified atom stereocenters. The molecule has 88 valence electrons. The van der Waals surface area contributed by atoms with Gasteiger partial charge < -0.3 is 9.84 Å². The number of benzene rings is 1. The number of ether oxygens (including phenoxy) is 1. The van der Waals surface area contributed by atoms with Crippen LogP contribution in [0.3, 0.4) is 0 Å². The van der Waals surface area contributed by atoms with Crippen molar-refractivity contribution in [1.29, 1.82) is 0 Å². The molecule has 2 heteroatoms. The Hall–Kier alpha value is -1.02. The molecule has 1 atom stereocenters. The molecule has 0 aliphatic heterocycles. The molecular weight excluding hydrogens is 200 g/mol. The molecule has 1 fully saturated rings. The lowest BCUT2D eigenvalue weighted by atomic mass is 9.94. The maximum atomic E-state index is 10.3. The van der Waals surface area contributed by atoms with Gasteiger partial charge in [0.25, 0.3) is 0 Å². The zero-order valence-corrected chi connectivity index (χ0v) is 10.2. The van der Waals surface area contributed by atoms with E-state index in [0.29, 0.717) is 0 Å². The van der Waals surface area contributed by atoms with Crippen LogP contribution in [-0.2, 0) is 0 Å². The highest BCUT2D eigenvalue weighted by Gasteiger charge is 2.45. The zero-order valence-electron chi connectivity index (χ0n) is 10.2. The molecule has 2 rings (SSSR count). The van der Waals surface area contributed by atoms with E-state index >= 15 is 0 Å². The van der Waals surface area contributed by atoms with Gasteiger partial charge in [-0.1, -0.05) is 25.1 Å². The van der Waals surface area contributed by atoms with Crippen LogP contribution < -0.4 is 4.74 Å². The van der Waals surface area contributed by atoms with E-state index in [2.05, 4.69) is 6.92 Å². The number of hydrogen-bond donors (Lipinski definition) is 1. The highest BCUT2D eigenvalue weighted by atomic mass is 16.5. The summed E-state index contributed by atoms with van der Waals surface area (Å²) in [6, 6.07) is 7.80. The Morgan fingerprint density at radius 2 is 1.88 bits per heavy atom. The average molecular weight is 220 g/mol. The normalized spacial score (nSPS) is 19.6. The monoisotopic (exact) mass is 220 g/mol. The first kappa shape index (κ1) is 11.5. The van der Waals surface area contributed by atoms with Gasteiger partial charge in [-0.25, -0.2) is 0 Å². The van der Waals surface area contributed by atoms with Gasteiger partial charge in [0.05, 0.1) is 12.2 Å². The second-order valence-corrected chi connectivity index (χ2v) is 5.26. The minimum absolute atomic E-state index is 0.0659. The fourth-order valence-corrected chi connectivity index (χ4v) is 1.91. The van der Waals surface area contributed by atoms with Crippen molar-refractivity contribution in [2.75, 3.05) is 0 Å². The van der Waals surface area contributed by atoms with Gasteiger partial charge in [0.15, 0.2) is 0 Å². The van der Waals surface area contributed by atoms with Crippen molar-refractivity contribution in [2.45, 2.75) is 45.8 Å². The van der Waals surface area contributed by atoms with E-state index in [1.54, 1.807) is 0 Å². The van der Waals surface area contributed by atoms with E-state index in [-0.39, 0.29) is 11.5 Å². The first-order chi connectivity index (χ1) is 7.53. The summed E-state index contributed by atoms with van der Waals surface area (Å²) in [5, 5.41) is 10.3. The predicted octanol–water partition coefficient (Wildman–Crippen LogP) is 3.31. The van der Waals surface area contributed by atoms with Crippen molar-refractivity contribution in [3.05, 3.63) is 29.8 Å². The van der Waals surface area contributed by atoms with Gasteiger partial charge in [-0.15, -0.1) is 0 Å². The van der Waals surface area contributed by atoms with E-state index in [9.17, 15) is 5.11 Å². The standard InChI is InChI=1S/C14H20O2/c1-10(2)16-12-7-5-4-6-11(12)13(15)14(3)8-9-14/h4-7,10,13,15H,8-9H2,1-3H3. The Morgan fingerprint density at radius 1 is 1.25 bits per heavy atom. The molecule has 1 aromatic rings. The highest BCUT2D eigenvalue weighted by molar-refractivity contribution is 5.37. The highest BCUT2D eigenvalue weighted by Crippen LogP contribution is 2.55. The summed E-state index contributed by atoms with van der Waals surface area (Å²) in [7, 11) is 0. The Labute approximate surface area is 97.3 Å². The van der Waals surface area contributed by atoms with Gasteiger partial charge in [0, 0.05) is 5.56 Å². The van der Waals surface area contributed by atoms with Crippen molar-refractivity contribution >= 4 is 0 Å². The Morgan fingerprint density at radius 3 is 2.44 bits per heavy atom. The first-order valence-electron chi connectivity index (χ1n) is 5.96. The summed E-state index contributed by atoms with van der Waals surface area (Å²) in [6.07, 6.45) is 1.94. The lowest BCUT2D eigenvalue weighted by molar-refractivity contribution is 0.0978. The summed E-state index contributed by atoms with van der Waals surface area (Å²) in [5.41, 5.74) is 0.993. The Kier molecular flexibility index (Phi) is 2.94. The summed E-state index contributed by atoms with van der Waals surface area (Å²) in [6.45, 7) is 6.13. The van der Waals surface area contributed by atoms with E-state index in [1.165, 1.54) is 0 Å². The van der Waals surface area contributed by atoms with Crippen LogP contribution in [0.2, 0.25) is 0 Å². The number of rotatable bonds is 4. The largest absolute Gasteiger partial charge is 0.491 e. The maximum absolute atomic E-state index is 10.3. The van der Waals surface area contributed by atoms with Crippen molar-refractivity contribution in [1.82, 2.24) is 0 Å². The van der Waals surface area contributed by atoms with Crippen molar-refractivity contribution < 1.29 is 9.84 Å². The van der Waals surface area contributed by atoms with E-state index < -0.39 is 6.10 Å². The van der Waals surface area contributed by atoms with Crippen LogP contribution in [0.5, 0.6) is 5.75 Å². The second-order valence-electron chi connectivity index (χ2n) is 5.26. The number of para-hydroxylation sites is 1. The van der Waals surface area contributed by atoms with Crippen LogP contribution in [0.25, 0.3) is 0 Å². The third-order valence-corrected chi connectivity index (χ3v) is 3.28. The topological polar surface area (TPSA) is 29.5 Å². The zero-order chi connectivity index (χ0) is 11.8. The smallest absolute Gasteiger partial charge is 0.125 e. The molecule has 0 heterocycles. The second kappa shape index (κ2) is 4.10. The van der Waals surface area contributed by atoms with Crippen LogP contribution >= 0.6 is 0 Å². The van der Waals surface area contributed by atoms with E-state index in [0.717, 1.165) is 24.2 Å². The lowest BCUT2D eigenvalue weighted by Crippen LogP contribution is -2.14. The molecule has 1 saturated carbocycles. The molecule has 0 amide bonds. The molecular formula is C14H20O2. The number of hydrogen-bond acceptors (Lipinski definition) is 2. The van der Waals surface area contributed by atoms with Crippen LogP contribution in [0.4, 0.5) is 0 Å². The molecule has 0 bridgehead atoms. The van der Waals surface area contributed by atoms with E-state index in [4.69, 9.17) is 4.74 Å². The minimum atomic E-state index is -0.401. The summed E-state index contributed by atoms with van der Waals surface area (Å²) >= 11 is 0. The van der Waals surface area contributed by atoms with Gasteiger partial charge in [-0.2, -0.15) is 0 Å². The lowest BCUT2D eigenvalue weighted by Gasteiger charge is -2.22. The number of aliphatic hydroxyl groups excluding tert-OH is 1. The Balaban J connectivity index is 2.25. The fraction of sp³-hybridized carbons (Fsp3) is 0.571. The van der Waals surface area contributed by atoms with Crippen LogP contribution in [-0.4, -0.2) is 11.2 Å². The number of aliphatic hydroxyl groups is 1. The third-order valence-electron chi connectivity index (χ3n) is 3.28. The summed E-state index contributed by atoms with van der Waals surface area (Å²) in [4.78, 5) is 0. The Bertz CT molecular complexity index is 367. The van der Waals surface area contributed by atoms with E-state index in [1.807, 2.05) is 38.1 Å². The summed E-state index contributed by atoms with van der Waals surface area (Å²) in [5.74, 6) is 0.818. The molecule has 1 aliphatic rings. The van der Waals surface area contributed by atoms with Crippen LogP contribution in [0.15, 0.2) is 24.3 Å². The molecule has 16 heavy (non-hydrogen) atoms. The molecule has 0 saturated heterocycles. The maximum Gasteiger partial charge on any atom is 0.125 e. The third kappa shape index (κ3) is 2.22. The molecule has 0 radical (unpaired) electrons. The summed E-state index contributed by atoms with van der Waals surface area (Å²) < 4.78 is 5.73. The fourth-order valence-electron chi connectivity index (χ4n) is 1.91. The van der Waals surface area contributed by atoms with Gasteiger partial charge in [0.2, 0.25) is 0 Å². The van der Waals surface area contributed by atoms with Gasteiger partial charge in [0.1, 0.15) is 5.75 Å². The first-order valence-corrected chi connectivity index (χ1v) is 5.96. The molecule has 0 aromatic heterocycles. The van der Waals surface area contributed by atoms with Gasteiger partial charge in [-0.05, 0) is 38.2 Å².